The minimum Gasteiger partial charge on any atom is -0.382 e. The van der Waals surface area contributed by atoms with Crippen molar-refractivity contribution in [2.24, 2.45) is 0 Å². The zero-order valence-electron chi connectivity index (χ0n) is 16.2. The summed E-state index contributed by atoms with van der Waals surface area (Å²) in [5.74, 6) is 0. The molecular formula is C17H34BN3O4. The van der Waals surface area contributed by atoms with E-state index in [1.54, 1.807) is 14.2 Å². The first-order valence-electron chi connectivity index (χ1n) is 9.19. The molecule has 2 aliphatic rings. The van der Waals surface area contributed by atoms with Crippen LogP contribution in [0.15, 0.2) is 0 Å². The van der Waals surface area contributed by atoms with Crippen LogP contribution in [0.5, 0.6) is 0 Å². The molecule has 8 heteroatoms. The predicted octanol–water partition coefficient (Wildman–Crippen LogP) is -0.894. The van der Waals surface area contributed by atoms with Gasteiger partial charge in [-0.1, -0.05) is 0 Å². The van der Waals surface area contributed by atoms with E-state index in [-0.39, 0.29) is 18.3 Å². The minimum atomic E-state index is -0.465. The number of nitrogens with zero attached hydrogens (tertiary/aromatic N) is 3. The van der Waals surface area contributed by atoms with Gasteiger partial charge in [0, 0.05) is 66.0 Å². The van der Waals surface area contributed by atoms with Crippen LogP contribution in [-0.4, -0.2) is 134 Å². The molecule has 2 radical (unpaired) electrons. The first kappa shape index (κ1) is 21.1. The number of ether oxygens (including phenoxy) is 4. The van der Waals surface area contributed by atoms with Gasteiger partial charge in [0.25, 0.3) is 0 Å². The largest absolute Gasteiger partial charge is 0.382 e. The predicted molar refractivity (Wildman–Crippen MR) is 98.3 cm³/mol. The average Bonchev–Trinajstić information content (AvgIpc) is 2.89. The van der Waals surface area contributed by atoms with E-state index < -0.39 is 6.00 Å². The van der Waals surface area contributed by atoms with Crippen molar-refractivity contribution in [3.63, 3.8) is 0 Å². The average molecular weight is 355 g/mol. The van der Waals surface area contributed by atoms with E-state index >= 15 is 0 Å². The molecule has 1 unspecified atom stereocenters. The summed E-state index contributed by atoms with van der Waals surface area (Å²) < 4.78 is 22.4. The number of methoxy groups -OCH3 is 2. The molecule has 0 N–H and O–H groups in total. The fraction of sp³-hybridized carbons (Fsp3) is 1.00. The van der Waals surface area contributed by atoms with Gasteiger partial charge in [-0.25, -0.2) is 0 Å². The van der Waals surface area contributed by atoms with Crippen molar-refractivity contribution in [3.05, 3.63) is 0 Å². The number of rotatable bonds is 10. The summed E-state index contributed by atoms with van der Waals surface area (Å²) in [5, 5.41) is 0. The second-order valence-corrected chi connectivity index (χ2v) is 7.12. The van der Waals surface area contributed by atoms with Crippen LogP contribution in [0.2, 0.25) is 0 Å². The Morgan fingerprint density at radius 3 is 2.24 bits per heavy atom. The molecule has 7 nitrogen and oxygen atoms in total. The van der Waals surface area contributed by atoms with Crippen molar-refractivity contribution in [1.82, 2.24) is 14.7 Å². The van der Waals surface area contributed by atoms with Crippen LogP contribution in [0.1, 0.15) is 0 Å². The van der Waals surface area contributed by atoms with E-state index in [4.69, 9.17) is 26.8 Å². The Bertz CT molecular complexity index is 370. The standard InChI is InChI=1S/C17H34BN3O4/c1-19(2)5-6-20-7-9-21(10-8-20)11-12-24-16-15(23-4)14(13-22-3)25-17(16)18/h14-17H,5-13H2,1-4H3/t14-,15?,16+,17-/m1/s1. The van der Waals surface area contributed by atoms with Crippen LogP contribution in [0.25, 0.3) is 0 Å². The lowest BCUT2D eigenvalue weighted by molar-refractivity contribution is -0.0593. The molecule has 0 spiro atoms. The first-order valence-corrected chi connectivity index (χ1v) is 9.19. The van der Waals surface area contributed by atoms with Crippen LogP contribution in [-0.2, 0) is 18.9 Å². The van der Waals surface area contributed by atoms with Gasteiger partial charge >= 0.3 is 0 Å². The second-order valence-electron chi connectivity index (χ2n) is 7.12. The molecule has 0 saturated carbocycles. The highest BCUT2D eigenvalue weighted by Gasteiger charge is 2.43. The molecule has 2 aliphatic heterocycles. The molecule has 0 amide bonds. The lowest BCUT2D eigenvalue weighted by Crippen LogP contribution is -2.49. The SMILES string of the molecule is [B][C@@H]1O[C@H](COC)C(OC)[C@@H]1OCCN1CCN(CCN(C)C)CC1. The Morgan fingerprint density at radius 1 is 1.04 bits per heavy atom. The fourth-order valence-corrected chi connectivity index (χ4v) is 3.42. The zero-order chi connectivity index (χ0) is 18.2. The molecule has 0 aromatic heterocycles. The molecule has 2 heterocycles. The molecule has 25 heavy (non-hydrogen) atoms. The van der Waals surface area contributed by atoms with Gasteiger partial charge in [-0.15, -0.1) is 0 Å². The van der Waals surface area contributed by atoms with E-state index in [1.165, 1.54) is 0 Å². The summed E-state index contributed by atoms with van der Waals surface area (Å²) in [4.78, 5) is 7.20. The van der Waals surface area contributed by atoms with Crippen LogP contribution in [0, 0.1) is 0 Å². The van der Waals surface area contributed by atoms with Crippen molar-refractivity contribution in [2.75, 3.05) is 87.3 Å². The second kappa shape index (κ2) is 10.8. The molecule has 0 aliphatic carbocycles. The van der Waals surface area contributed by atoms with Crippen LogP contribution in [0.3, 0.4) is 0 Å². The minimum absolute atomic E-state index is 0.171. The van der Waals surface area contributed by atoms with E-state index in [1.807, 2.05) is 0 Å². The molecule has 2 fully saturated rings. The van der Waals surface area contributed by atoms with Gasteiger partial charge < -0.3 is 23.8 Å². The zero-order valence-corrected chi connectivity index (χ0v) is 16.2. The number of hydrogen-bond acceptors (Lipinski definition) is 7. The van der Waals surface area contributed by atoms with Gasteiger partial charge in [0.2, 0.25) is 0 Å². The maximum atomic E-state index is 6.05. The van der Waals surface area contributed by atoms with Crippen LogP contribution < -0.4 is 0 Å². The Labute approximate surface area is 153 Å². The molecule has 0 bridgehead atoms. The summed E-state index contributed by atoms with van der Waals surface area (Å²) in [6.07, 6.45) is -0.598. The third-order valence-electron chi connectivity index (χ3n) is 5.00. The summed E-state index contributed by atoms with van der Waals surface area (Å²) in [6.45, 7) is 8.68. The molecule has 144 valence electrons. The Hall–Kier alpha value is -0.215. The van der Waals surface area contributed by atoms with Crippen LogP contribution in [0.4, 0.5) is 0 Å². The Balaban J connectivity index is 1.65. The molecule has 2 saturated heterocycles. The smallest absolute Gasteiger partial charge is 0.113 e. The van der Waals surface area contributed by atoms with E-state index in [0.29, 0.717) is 13.2 Å². The number of piperazine rings is 1. The molecule has 0 aromatic rings. The van der Waals surface area contributed by atoms with E-state index in [9.17, 15) is 0 Å². The summed E-state index contributed by atoms with van der Waals surface area (Å²) >= 11 is 0. The summed E-state index contributed by atoms with van der Waals surface area (Å²) in [5.41, 5.74) is 0. The maximum Gasteiger partial charge on any atom is 0.113 e. The molecule has 0 aromatic carbocycles. The first-order chi connectivity index (χ1) is 12.0. The van der Waals surface area contributed by atoms with Gasteiger partial charge in [-0.2, -0.15) is 0 Å². The van der Waals surface area contributed by atoms with E-state index in [0.717, 1.165) is 45.8 Å². The summed E-state index contributed by atoms with van der Waals surface area (Å²) in [7, 11) is 13.6. The van der Waals surface area contributed by atoms with E-state index in [2.05, 4.69) is 28.8 Å². The van der Waals surface area contributed by atoms with Crippen molar-refractivity contribution in [2.45, 2.75) is 24.3 Å². The lowest BCUT2D eigenvalue weighted by atomic mass is 9.93. The lowest BCUT2D eigenvalue weighted by Gasteiger charge is -2.35. The highest BCUT2D eigenvalue weighted by molar-refractivity contribution is 6.11. The van der Waals surface area contributed by atoms with Gasteiger partial charge in [0.15, 0.2) is 0 Å². The highest BCUT2D eigenvalue weighted by atomic mass is 16.6. The van der Waals surface area contributed by atoms with Crippen molar-refractivity contribution < 1.29 is 18.9 Å². The fourth-order valence-electron chi connectivity index (χ4n) is 3.42. The number of hydrogen-bond donors (Lipinski definition) is 0. The third kappa shape index (κ3) is 6.47. The van der Waals surface area contributed by atoms with Gasteiger partial charge in [0.05, 0.1) is 13.2 Å². The Kier molecular flexibility index (Phi) is 9.13. The molecule has 2 rings (SSSR count). The van der Waals surface area contributed by atoms with Gasteiger partial charge in [-0.3, -0.25) is 9.80 Å². The number of likely N-dealkylation sites (N-methyl/N-ethyl adjacent to an activating group) is 1. The van der Waals surface area contributed by atoms with Crippen LogP contribution >= 0.6 is 0 Å². The third-order valence-corrected chi connectivity index (χ3v) is 5.00. The molecule has 4 atom stereocenters. The van der Waals surface area contributed by atoms with Gasteiger partial charge in [-0.05, 0) is 14.1 Å². The highest BCUT2D eigenvalue weighted by Crippen LogP contribution is 2.24. The monoisotopic (exact) mass is 355 g/mol. The molecular weight excluding hydrogens is 321 g/mol. The van der Waals surface area contributed by atoms with Crippen molar-refractivity contribution >= 4 is 7.85 Å². The van der Waals surface area contributed by atoms with Gasteiger partial charge in [0.1, 0.15) is 26.2 Å². The summed E-state index contributed by atoms with van der Waals surface area (Å²) in [6, 6.07) is -0.465. The van der Waals surface area contributed by atoms with Crippen molar-refractivity contribution in [3.8, 4) is 0 Å². The maximum absolute atomic E-state index is 6.05. The topological polar surface area (TPSA) is 46.6 Å². The Morgan fingerprint density at radius 2 is 1.68 bits per heavy atom. The van der Waals surface area contributed by atoms with Crippen molar-refractivity contribution in [1.29, 1.82) is 0 Å². The normalized spacial score (nSPS) is 31.9. The quantitative estimate of drug-likeness (QED) is 0.471.